The van der Waals surface area contributed by atoms with Gasteiger partial charge in [-0.15, -0.1) is 0 Å². The maximum Gasteiger partial charge on any atom is 0.259 e. The number of nitrogens with two attached hydrogens (primary N) is 1. The van der Waals surface area contributed by atoms with E-state index in [2.05, 4.69) is 10.1 Å². The SMILES string of the molecule is CN(C)C(=O)c1c(N)cnn2cc(Cl)nc12. The quantitative estimate of drug-likeness (QED) is 0.794. The first-order chi connectivity index (χ1) is 7.50. The van der Waals surface area contributed by atoms with Crippen molar-refractivity contribution in [2.75, 3.05) is 19.8 Å². The topological polar surface area (TPSA) is 76.5 Å². The highest BCUT2D eigenvalue weighted by Gasteiger charge is 2.18. The fourth-order valence-electron chi connectivity index (χ4n) is 1.36. The van der Waals surface area contributed by atoms with Gasteiger partial charge in [-0.3, -0.25) is 4.79 Å². The Balaban J connectivity index is 2.74. The number of anilines is 1. The molecule has 0 bridgehead atoms. The molecule has 0 saturated carbocycles. The van der Waals surface area contributed by atoms with Gasteiger partial charge < -0.3 is 10.6 Å². The smallest absolute Gasteiger partial charge is 0.259 e. The van der Waals surface area contributed by atoms with E-state index in [1.54, 1.807) is 14.1 Å². The molecule has 0 aliphatic rings. The van der Waals surface area contributed by atoms with Crippen LogP contribution < -0.4 is 5.73 Å². The minimum Gasteiger partial charge on any atom is -0.397 e. The molecular weight excluding hydrogens is 230 g/mol. The van der Waals surface area contributed by atoms with Crippen molar-refractivity contribution in [3.8, 4) is 0 Å². The van der Waals surface area contributed by atoms with E-state index in [0.29, 0.717) is 11.2 Å². The molecule has 2 rings (SSSR count). The Hall–Kier alpha value is -1.82. The molecule has 2 aromatic heterocycles. The predicted octanol–water partition coefficient (Wildman–Crippen LogP) is 0.667. The zero-order valence-corrected chi connectivity index (χ0v) is 9.56. The Labute approximate surface area is 96.6 Å². The van der Waals surface area contributed by atoms with E-state index in [9.17, 15) is 4.79 Å². The van der Waals surface area contributed by atoms with Crippen LogP contribution in [0.3, 0.4) is 0 Å². The summed E-state index contributed by atoms with van der Waals surface area (Å²) in [5.41, 5.74) is 6.69. The summed E-state index contributed by atoms with van der Waals surface area (Å²) in [5.74, 6) is -0.229. The minimum atomic E-state index is -0.229. The number of amides is 1. The predicted molar refractivity (Wildman–Crippen MR) is 60.4 cm³/mol. The zero-order valence-electron chi connectivity index (χ0n) is 8.81. The van der Waals surface area contributed by atoms with Gasteiger partial charge in [0.25, 0.3) is 5.91 Å². The summed E-state index contributed by atoms with van der Waals surface area (Å²) in [4.78, 5) is 17.4. The summed E-state index contributed by atoms with van der Waals surface area (Å²) in [5, 5.41) is 4.25. The van der Waals surface area contributed by atoms with Crippen molar-refractivity contribution in [3.05, 3.63) is 23.1 Å². The van der Waals surface area contributed by atoms with Crippen molar-refractivity contribution in [1.82, 2.24) is 19.5 Å². The van der Waals surface area contributed by atoms with Gasteiger partial charge in [-0.05, 0) is 0 Å². The van der Waals surface area contributed by atoms with Crippen LogP contribution in [0.25, 0.3) is 5.65 Å². The van der Waals surface area contributed by atoms with Crippen LogP contribution in [0.15, 0.2) is 12.4 Å². The number of hydrogen-bond donors (Lipinski definition) is 1. The number of aromatic nitrogens is 3. The van der Waals surface area contributed by atoms with Crippen LogP contribution in [0.1, 0.15) is 10.4 Å². The van der Waals surface area contributed by atoms with Gasteiger partial charge in [0, 0.05) is 14.1 Å². The van der Waals surface area contributed by atoms with Crippen LogP contribution in [0, 0.1) is 0 Å². The first-order valence-corrected chi connectivity index (χ1v) is 4.89. The van der Waals surface area contributed by atoms with Gasteiger partial charge in [-0.25, -0.2) is 9.50 Å². The molecule has 0 saturated heterocycles. The first kappa shape index (κ1) is 10.7. The van der Waals surface area contributed by atoms with E-state index < -0.39 is 0 Å². The van der Waals surface area contributed by atoms with Gasteiger partial charge >= 0.3 is 0 Å². The van der Waals surface area contributed by atoms with Gasteiger partial charge in [0.15, 0.2) is 5.65 Å². The van der Waals surface area contributed by atoms with E-state index in [0.717, 1.165) is 0 Å². The van der Waals surface area contributed by atoms with E-state index >= 15 is 0 Å². The number of rotatable bonds is 1. The molecule has 0 fully saturated rings. The Morgan fingerprint density at radius 2 is 2.25 bits per heavy atom. The lowest BCUT2D eigenvalue weighted by Gasteiger charge is -2.12. The van der Waals surface area contributed by atoms with Crippen molar-refractivity contribution in [2.24, 2.45) is 0 Å². The second-order valence-corrected chi connectivity index (χ2v) is 3.89. The normalized spacial score (nSPS) is 10.7. The van der Waals surface area contributed by atoms with Crippen LogP contribution in [0.5, 0.6) is 0 Å². The van der Waals surface area contributed by atoms with Crippen LogP contribution >= 0.6 is 11.6 Å². The molecule has 0 aliphatic heterocycles. The van der Waals surface area contributed by atoms with Crippen LogP contribution in [0.4, 0.5) is 5.69 Å². The minimum absolute atomic E-state index is 0.229. The third kappa shape index (κ3) is 1.57. The third-order valence-electron chi connectivity index (χ3n) is 2.11. The van der Waals surface area contributed by atoms with Crippen LogP contribution in [0.2, 0.25) is 5.15 Å². The number of carbonyl (C=O) groups is 1. The largest absolute Gasteiger partial charge is 0.397 e. The molecule has 0 spiro atoms. The molecule has 2 aromatic rings. The maximum absolute atomic E-state index is 11.9. The molecule has 2 heterocycles. The van der Waals surface area contributed by atoms with Gasteiger partial charge in [0.05, 0.1) is 18.1 Å². The Morgan fingerprint density at radius 3 is 2.88 bits per heavy atom. The summed E-state index contributed by atoms with van der Waals surface area (Å²) < 4.78 is 1.43. The summed E-state index contributed by atoms with van der Waals surface area (Å²) in [6.45, 7) is 0. The second-order valence-electron chi connectivity index (χ2n) is 3.51. The van der Waals surface area contributed by atoms with E-state index in [4.69, 9.17) is 17.3 Å². The third-order valence-corrected chi connectivity index (χ3v) is 2.29. The van der Waals surface area contributed by atoms with Crippen LogP contribution in [-0.4, -0.2) is 39.5 Å². The summed E-state index contributed by atoms with van der Waals surface area (Å²) in [6.07, 6.45) is 2.92. The van der Waals surface area contributed by atoms with E-state index in [1.807, 2.05) is 0 Å². The summed E-state index contributed by atoms with van der Waals surface area (Å²) in [6, 6.07) is 0. The number of imidazole rings is 1. The molecular formula is C9H10ClN5O. The Bertz CT molecular complexity index is 562. The van der Waals surface area contributed by atoms with Gasteiger partial charge in [0.1, 0.15) is 10.7 Å². The molecule has 0 atom stereocenters. The van der Waals surface area contributed by atoms with Crippen molar-refractivity contribution in [2.45, 2.75) is 0 Å². The number of hydrogen-bond acceptors (Lipinski definition) is 4. The molecule has 6 nitrogen and oxygen atoms in total. The average molecular weight is 240 g/mol. The fourth-order valence-corrected chi connectivity index (χ4v) is 1.54. The van der Waals surface area contributed by atoms with E-state index in [1.165, 1.54) is 21.8 Å². The number of carbonyl (C=O) groups excluding carboxylic acids is 1. The number of nitrogens with zero attached hydrogens (tertiary/aromatic N) is 4. The highest BCUT2D eigenvalue weighted by Crippen LogP contribution is 2.19. The highest BCUT2D eigenvalue weighted by molar-refractivity contribution is 6.29. The van der Waals surface area contributed by atoms with Crippen molar-refractivity contribution in [1.29, 1.82) is 0 Å². The first-order valence-electron chi connectivity index (χ1n) is 4.51. The highest BCUT2D eigenvalue weighted by atomic mass is 35.5. The Morgan fingerprint density at radius 1 is 1.56 bits per heavy atom. The number of halogens is 1. The number of nitrogen functional groups attached to an aromatic ring is 1. The molecule has 16 heavy (non-hydrogen) atoms. The van der Waals surface area contributed by atoms with Crippen molar-refractivity contribution < 1.29 is 4.79 Å². The summed E-state index contributed by atoms with van der Waals surface area (Å²) in [7, 11) is 3.28. The maximum atomic E-state index is 11.9. The molecule has 7 heteroatoms. The summed E-state index contributed by atoms with van der Waals surface area (Å²) >= 11 is 5.75. The lowest BCUT2D eigenvalue weighted by atomic mass is 10.2. The van der Waals surface area contributed by atoms with Crippen LogP contribution in [-0.2, 0) is 0 Å². The Kier molecular flexibility index (Phi) is 2.43. The average Bonchev–Trinajstić information content (AvgIpc) is 2.57. The van der Waals surface area contributed by atoms with Gasteiger partial charge in [0.2, 0.25) is 0 Å². The van der Waals surface area contributed by atoms with Gasteiger partial charge in [-0.2, -0.15) is 5.10 Å². The molecule has 0 radical (unpaired) electrons. The number of fused-ring (bicyclic) bond motifs is 1. The van der Waals surface area contributed by atoms with Crippen molar-refractivity contribution >= 4 is 28.8 Å². The molecule has 1 amide bonds. The molecule has 0 unspecified atom stereocenters. The fraction of sp³-hybridized carbons (Fsp3) is 0.222. The standard InChI is InChI=1S/C9H10ClN5O/c1-14(2)9(16)7-5(11)3-12-15-4-6(10)13-8(7)15/h3-4H,11H2,1-2H3. The lowest BCUT2D eigenvalue weighted by Crippen LogP contribution is -2.24. The monoisotopic (exact) mass is 239 g/mol. The zero-order chi connectivity index (χ0) is 11.9. The molecule has 0 aliphatic carbocycles. The van der Waals surface area contributed by atoms with Crippen molar-refractivity contribution in [3.63, 3.8) is 0 Å². The van der Waals surface area contributed by atoms with Gasteiger partial charge in [-0.1, -0.05) is 11.6 Å². The van der Waals surface area contributed by atoms with E-state index in [-0.39, 0.29) is 16.7 Å². The molecule has 84 valence electrons. The molecule has 2 N–H and O–H groups in total. The lowest BCUT2D eigenvalue weighted by molar-refractivity contribution is 0.0829. The molecule has 0 aromatic carbocycles. The second kappa shape index (κ2) is 3.64.